The van der Waals surface area contributed by atoms with Crippen LogP contribution < -0.4 is 5.73 Å². The van der Waals surface area contributed by atoms with Crippen LogP contribution in [0.4, 0.5) is 5.69 Å². The molecule has 2 N–H and O–H groups in total. The summed E-state index contributed by atoms with van der Waals surface area (Å²) in [7, 11) is 0. The molecule has 2 rings (SSSR count). The van der Waals surface area contributed by atoms with Crippen molar-refractivity contribution >= 4 is 11.7 Å². The Balaban J connectivity index is 2.34. The number of hydrogen-bond donors (Lipinski definition) is 1. The maximum atomic E-state index is 11.9. The summed E-state index contributed by atoms with van der Waals surface area (Å²) in [5, 5.41) is 4.39. The van der Waals surface area contributed by atoms with E-state index in [9.17, 15) is 4.79 Å². The molecule has 0 bridgehead atoms. The first-order valence-corrected chi connectivity index (χ1v) is 6.59. The lowest BCUT2D eigenvalue weighted by atomic mass is 10.1. The van der Waals surface area contributed by atoms with E-state index in [-0.39, 0.29) is 5.97 Å². The van der Waals surface area contributed by atoms with Gasteiger partial charge in [0.2, 0.25) is 0 Å². The van der Waals surface area contributed by atoms with E-state index in [2.05, 4.69) is 5.10 Å². The van der Waals surface area contributed by atoms with Gasteiger partial charge >= 0.3 is 5.97 Å². The number of aryl methyl sites for hydroxylation is 1. The molecule has 1 heterocycles. The monoisotopic (exact) mass is 273 g/mol. The molecule has 0 radical (unpaired) electrons. The first kappa shape index (κ1) is 14.1. The molecule has 2 aromatic rings. The number of anilines is 1. The summed E-state index contributed by atoms with van der Waals surface area (Å²) in [5.41, 5.74) is 9.77. The topological polar surface area (TPSA) is 70.1 Å². The molecule has 0 fully saturated rings. The predicted octanol–water partition coefficient (Wildman–Crippen LogP) is 2.31. The van der Waals surface area contributed by atoms with Crippen LogP contribution in [0, 0.1) is 13.8 Å². The van der Waals surface area contributed by atoms with Gasteiger partial charge in [-0.2, -0.15) is 5.10 Å². The zero-order valence-corrected chi connectivity index (χ0v) is 12.0. The Bertz CT molecular complexity index is 632. The van der Waals surface area contributed by atoms with Crippen LogP contribution >= 0.6 is 0 Å². The van der Waals surface area contributed by atoms with Crippen LogP contribution in [0.25, 0.3) is 0 Å². The minimum Gasteiger partial charge on any atom is -0.462 e. The number of ether oxygens (including phenoxy) is 1. The van der Waals surface area contributed by atoms with Gasteiger partial charge in [-0.05, 0) is 32.4 Å². The van der Waals surface area contributed by atoms with Gasteiger partial charge in [-0.3, -0.25) is 4.68 Å². The van der Waals surface area contributed by atoms with E-state index in [0.717, 1.165) is 17.0 Å². The van der Waals surface area contributed by atoms with Gasteiger partial charge in [0.25, 0.3) is 0 Å². The number of rotatable bonds is 4. The Morgan fingerprint density at radius 2 is 2.05 bits per heavy atom. The minimum atomic E-state index is -0.308. The first-order chi connectivity index (χ1) is 9.54. The maximum Gasteiger partial charge on any atom is 0.338 e. The summed E-state index contributed by atoms with van der Waals surface area (Å²) in [6.07, 6.45) is 0. The third-order valence-corrected chi connectivity index (χ3v) is 3.27. The Morgan fingerprint density at radius 3 is 2.65 bits per heavy atom. The fourth-order valence-electron chi connectivity index (χ4n) is 2.09. The lowest BCUT2D eigenvalue weighted by Crippen LogP contribution is -2.12. The third-order valence-electron chi connectivity index (χ3n) is 3.27. The van der Waals surface area contributed by atoms with Gasteiger partial charge in [-0.15, -0.1) is 0 Å². The SMILES string of the molecule is CCOC(=O)c1ccccc1Cn1nc(C)c(N)c1C. The largest absolute Gasteiger partial charge is 0.462 e. The van der Waals surface area contributed by atoms with Crippen LogP contribution in [-0.2, 0) is 11.3 Å². The van der Waals surface area contributed by atoms with Crippen LogP contribution in [0.3, 0.4) is 0 Å². The summed E-state index contributed by atoms with van der Waals surface area (Å²) < 4.78 is 6.88. The zero-order chi connectivity index (χ0) is 14.7. The fraction of sp³-hybridized carbons (Fsp3) is 0.333. The van der Waals surface area contributed by atoms with Gasteiger partial charge < -0.3 is 10.5 Å². The van der Waals surface area contributed by atoms with Crippen molar-refractivity contribution < 1.29 is 9.53 Å². The number of nitrogens with two attached hydrogens (primary N) is 1. The Hall–Kier alpha value is -2.30. The van der Waals surface area contributed by atoms with E-state index in [1.54, 1.807) is 13.0 Å². The molecule has 20 heavy (non-hydrogen) atoms. The number of benzene rings is 1. The van der Waals surface area contributed by atoms with E-state index >= 15 is 0 Å². The standard InChI is InChI=1S/C15H19N3O2/c1-4-20-15(19)13-8-6-5-7-12(13)9-18-11(3)14(16)10(2)17-18/h5-8H,4,9,16H2,1-3H3. The maximum absolute atomic E-state index is 11.9. The van der Waals surface area contributed by atoms with Crippen molar-refractivity contribution in [1.29, 1.82) is 0 Å². The lowest BCUT2D eigenvalue weighted by Gasteiger charge is -2.10. The number of nitrogen functional groups attached to an aromatic ring is 1. The zero-order valence-electron chi connectivity index (χ0n) is 12.0. The van der Waals surface area contributed by atoms with Crippen molar-refractivity contribution in [2.24, 2.45) is 0 Å². The second-order valence-electron chi connectivity index (χ2n) is 4.62. The van der Waals surface area contributed by atoms with E-state index in [4.69, 9.17) is 10.5 Å². The van der Waals surface area contributed by atoms with Crippen molar-refractivity contribution in [3.63, 3.8) is 0 Å². The number of carbonyl (C=O) groups is 1. The quantitative estimate of drug-likeness (QED) is 0.868. The molecule has 0 saturated carbocycles. The molecule has 0 aliphatic carbocycles. The molecule has 5 nitrogen and oxygen atoms in total. The highest BCUT2D eigenvalue weighted by molar-refractivity contribution is 5.91. The van der Waals surface area contributed by atoms with E-state index in [0.29, 0.717) is 24.4 Å². The fourth-order valence-corrected chi connectivity index (χ4v) is 2.09. The highest BCUT2D eigenvalue weighted by atomic mass is 16.5. The summed E-state index contributed by atoms with van der Waals surface area (Å²) in [5.74, 6) is -0.308. The Morgan fingerprint density at radius 1 is 1.35 bits per heavy atom. The van der Waals surface area contributed by atoms with Gasteiger partial charge in [0.1, 0.15) is 0 Å². The average molecular weight is 273 g/mol. The van der Waals surface area contributed by atoms with Gasteiger partial charge in [-0.25, -0.2) is 4.79 Å². The Labute approximate surface area is 118 Å². The number of carbonyl (C=O) groups excluding carboxylic acids is 1. The predicted molar refractivity (Wildman–Crippen MR) is 77.6 cm³/mol. The molecule has 0 atom stereocenters. The molecule has 0 unspecified atom stereocenters. The normalized spacial score (nSPS) is 10.6. The molecule has 0 spiro atoms. The summed E-state index contributed by atoms with van der Waals surface area (Å²) in [6, 6.07) is 7.39. The third kappa shape index (κ3) is 2.66. The minimum absolute atomic E-state index is 0.308. The molecule has 0 saturated heterocycles. The van der Waals surface area contributed by atoms with Crippen molar-refractivity contribution in [3.05, 3.63) is 46.8 Å². The van der Waals surface area contributed by atoms with Crippen molar-refractivity contribution in [3.8, 4) is 0 Å². The summed E-state index contributed by atoms with van der Waals surface area (Å²) in [4.78, 5) is 11.9. The molecule has 0 aliphatic rings. The second-order valence-corrected chi connectivity index (χ2v) is 4.62. The van der Waals surface area contributed by atoms with E-state index in [1.807, 2.05) is 36.7 Å². The second kappa shape index (κ2) is 5.77. The summed E-state index contributed by atoms with van der Waals surface area (Å²) >= 11 is 0. The smallest absolute Gasteiger partial charge is 0.338 e. The Kier molecular flexibility index (Phi) is 4.08. The molecular weight excluding hydrogens is 254 g/mol. The average Bonchev–Trinajstić information content (AvgIpc) is 2.67. The molecule has 0 aliphatic heterocycles. The van der Waals surface area contributed by atoms with Crippen LogP contribution in [0.5, 0.6) is 0 Å². The van der Waals surface area contributed by atoms with E-state index in [1.165, 1.54) is 0 Å². The molecule has 1 aromatic carbocycles. The van der Waals surface area contributed by atoms with E-state index < -0.39 is 0 Å². The van der Waals surface area contributed by atoms with Gasteiger partial charge in [-0.1, -0.05) is 18.2 Å². The van der Waals surface area contributed by atoms with Crippen molar-refractivity contribution in [2.75, 3.05) is 12.3 Å². The molecule has 106 valence electrons. The number of esters is 1. The van der Waals surface area contributed by atoms with Gasteiger partial charge in [0.05, 0.1) is 35.8 Å². The number of aromatic nitrogens is 2. The van der Waals surface area contributed by atoms with Gasteiger partial charge in [0, 0.05) is 0 Å². The van der Waals surface area contributed by atoms with Crippen LogP contribution in [0.1, 0.15) is 34.2 Å². The molecular formula is C15H19N3O2. The number of hydrogen-bond acceptors (Lipinski definition) is 4. The lowest BCUT2D eigenvalue weighted by molar-refractivity contribution is 0.0525. The highest BCUT2D eigenvalue weighted by Crippen LogP contribution is 2.18. The summed E-state index contributed by atoms with van der Waals surface area (Å²) in [6.45, 7) is 6.44. The first-order valence-electron chi connectivity index (χ1n) is 6.59. The van der Waals surface area contributed by atoms with Crippen LogP contribution in [0.15, 0.2) is 24.3 Å². The molecule has 0 amide bonds. The van der Waals surface area contributed by atoms with Crippen molar-refractivity contribution in [2.45, 2.75) is 27.3 Å². The van der Waals surface area contributed by atoms with Crippen molar-refractivity contribution in [1.82, 2.24) is 9.78 Å². The van der Waals surface area contributed by atoms with Crippen LogP contribution in [-0.4, -0.2) is 22.4 Å². The molecule has 5 heteroatoms. The van der Waals surface area contributed by atoms with Crippen LogP contribution in [0.2, 0.25) is 0 Å². The molecule has 1 aromatic heterocycles. The highest BCUT2D eigenvalue weighted by Gasteiger charge is 2.14. The number of nitrogens with zero attached hydrogens (tertiary/aromatic N) is 2. The van der Waals surface area contributed by atoms with Gasteiger partial charge in [0.15, 0.2) is 0 Å².